The van der Waals surface area contributed by atoms with E-state index in [1.54, 1.807) is 4.90 Å². The van der Waals surface area contributed by atoms with Crippen LogP contribution in [0, 0.1) is 5.92 Å². The first-order valence-corrected chi connectivity index (χ1v) is 7.72. The number of hydrogen-bond acceptors (Lipinski definition) is 4. The smallest absolute Gasteiger partial charge is 0.410 e. The molecule has 0 aliphatic carbocycles. The number of likely N-dealkylation sites (tertiary alicyclic amines) is 1. The second-order valence-electron chi connectivity index (χ2n) is 6.82. The Kier molecular flexibility index (Phi) is 5.08. The van der Waals surface area contributed by atoms with Gasteiger partial charge in [0.2, 0.25) is 5.91 Å². The number of amides is 2. The van der Waals surface area contributed by atoms with Gasteiger partial charge in [-0.15, -0.1) is 0 Å². The molecule has 2 fully saturated rings. The van der Waals surface area contributed by atoms with Crippen molar-refractivity contribution >= 4 is 12.0 Å². The molecule has 0 aromatic heterocycles. The van der Waals surface area contributed by atoms with E-state index in [4.69, 9.17) is 9.47 Å². The fourth-order valence-corrected chi connectivity index (χ4v) is 2.45. The van der Waals surface area contributed by atoms with Gasteiger partial charge < -0.3 is 19.7 Å². The molecule has 0 radical (unpaired) electrons. The van der Waals surface area contributed by atoms with Gasteiger partial charge >= 0.3 is 6.09 Å². The van der Waals surface area contributed by atoms with Crippen LogP contribution in [0.5, 0.6) is 0 Å². The van der Waals surface area contributed by atoms with E-state index < -0.39 is 5.60 Å². The van der Waals surface area contributed by atoms with Gasteiger partial charge in [0.05, 0.1) is 12.0 Å². The summed E-state index contributed by atoms with van der Waals surface area (Å²) in [5.41, 5.74) is -0.497. The summed E-state index contributed by atoms with van der Waals surface area (Å²) < 4.78 is 10.8. The predicted octanol–water partition coefficient (Wildman–Crippen LogP) is 1.54. The third-order valence-electron chi connectivity index (χ3n) is 3.68. The van der Waals surface area contributed by atoms with E-state index >= 15 is 0 Å². The third kappa shape index (κ3) is 4.88. The Morgan fingerprint density at radius 1 is 1.29 bits per heavy atom. The zero-order valence-corrected chi connectivity index (χ0v) is 13.2. The standard InChI is InChI=1S/C15H26N2O4/c1-15(2,3)21-14(19)17-9-11(10-17)13(18)16-8-12-6-4-5-7-20-12/h11-12H,4-10H2,1-3H3,(H,16,18). The van der Waals surface area contributed by atoms with E-state index in [1.807, 2.05) is 20.8 Å². The summed E-state index contributed by atoms with van der Waals surface area (Å²) in [6.07, 6.45) is 3.08. The number of rotatable bonds is 3. The molecule has 2 saturated heterocycles. The van der Waals surface area contributed by atoms with Crippen LogP contribution in [0.2, 0.25) is 0 Å². The molecule has 120 valence electrons. The number of nitrogens with one attached hydrogen (secondary N) is 1. The van der Waals surface area contributed by atoms with Crippen LogP contribution in [0.25, 0.3) is 0 Å². The summed E-state index contributed by atoms with van der Waals surface area (Å²) in [4.78, 5) is 25.3. The predicted molar refractivity (Wildman–Crippen MR) is 77.9 cm³/mol. The Bertz CT molecular complexity index is 380. The van der Waals surface area contributed by atoms with Gasteiger partial charge in [-0.3, -0.25) is 4.79 Å². The molecule has 2 amide bonds. The maximum Gasteiger partial charge on any atom is 0.410 e. The molecule has 2 aliphatic heterocycles. The van der Waals surface area contributed by atoms with Crippen molar-refractivity contribution in [1.29, 1.82) is 0 Å². The quantitative estimate of drug-likeness (QED) is 0.858. The fourth-order valence-electron chi connectivity index (χ4n) is 2.45. The van der Waals surface area contributed by atoms with E-state index in [2.05, 4.69) is 5.32 Å². The second-order valence-corrected chi connectivity index (χ2v) is 6.82. The number of hydrogen-bond donors (Lipinski definition) is 1. The molecule has 0 aromatic carbocycles. The SMILES string of the molecule is CC(C)(C)OC(=O)N1CC(C(=O)NCC2CCCCO2)C1. The average Bonchev–Trinajstić information content (AvgIpc) is 2.33. The first-order chi connectivity index (χ1) is 9.85. The average molecular weight is 298 g/mol. The van der Waals surface area contributed by atoms with Crippen LogP contribution in [-0.2, 0) is 14.3 Å². The molecule has 0 aromatic rings. The fraction of sp³-hybridized carbons (Fsp3) is 0.867. The van der Waals surface area contributed by atoms with Crippen LogP contribution in [0.4, 0.5) is 4.79 Å². The van der Waals surface area contributed by atoms with E-state index in [0.29, 0.717) is 19.6 Å². The molecule has 6 nitrogen and oxygen atoms in total. The molecule has 21 heavy (non-hydrogen) atoms. The monoisotopic (exact) mass is 298 g/mol. The lowest BCUT2D eigenvalue weighted by molar-refractivity contribution is -0.130. The zero-order valence-electron chi connectivity index (χ0n) is 13.2. The van der Waals surface area contributed by atoms with Gasteiger partial charge in [-0.25, -0.2) is 4.79 Å². The van der Waals surface area contributed by atoms with Gasteiger partial charge in [0.15, 0.2) is 0 Å². The van der Waals surface area contributed by atoms with Crippen molar-refractivity contribution in [3.8, 4) is 0 Å². The van der Waals surface area contributed by atoms with Crippen molar-refractivity contribution in [3.05, 3.63) is 0 Å². The van der Waals surface area contributed by atoms with Crippen molar-refractivity contribution in [2.75, 3.05) is 26.2 Å². The van der Waals surface area contributed by atoms with Gasteiger partial charge in [0.25, 0.3) is 0 Å². The molecule has 0 saturated carbocycles. The summed E-state index contributed by atoms with van der Waals surface area (Å²) in [7, 11) is 0. The normalized spacial score (nSPS) is 23.4. The maximum atomic E-state index is 12.0. The molecule has 2 aliphatic rings. The summed E-state index contributed by atoms with van der Waals surface area (Å²) in [5, 5.41) is 2.92. The molecule has 6 heteroatoms. The van der Waals surface area contributed by atoms with Gasteiger partial charge in [0, 0.05) is 26.2 Å². The number of carbonyl (C=O) groups excluding carboxylic acids is 2. The molecule has 2 rings (SSSR count). The van der Waals surface area contributed by atoms with Crippen molar-refractivity contribution in [2.45, 2.75) is 51.7 Å². The molecule has 1 atom stereocenters. The molecule has 1 unspecified atom stereocenters. The first kappa shape index (κ1) is 16.1. The topological polar surface area (TPSA) is 67.9 Å². The second kappa shape index (κ2) is 6.64. The number of nitrogens with zero attached hydrogens (tertiary/aromatic N) is 1. The van der Waals surface area contributed by atoms with Crippen LogP contribution >= 0.6 is 0 Å². The molecule has 0 spiro atoms. The maximum absolute atomic E-state index is 12.0. The largest absolute Gasteiger partial charge is 0.444 e. The number of ether oxygens (including phenoxy) is 2. The Labute approximate surface area is 126 Å². The van der Waals surface area contributed by atoms with Crippen molar-refractivity contribution in [1.82, 2.24) is 10.2 Å². The number of carbonyl (C=O) groups is 2. The lowest BCUT2D eigenvalue weighted by atomic mass is 9.99. The lowest BCUT2D eigenvalue weighted by Crippen LogP contribution is -2.57. The van der Waals surface area contributed by atoms with Gasteiger partial charge in [0.1, 0.15) is 5.60 Å². The van der Waals surface area contributed by atoms with E-state index in [1.165, 1.54) is 0 Å². The summed E-state index contributed by atoms with van der Waals surface area (Å²) in [6, 6.07) is 0. The van der Waals surface area contributed by atoms with Crippen LogP contribution in [0.3, 0.4) is 0 Å². The van der Waals surface area contributed by atoms with E-state index in [-0.39, 0.29) is 24.0 Å². The lowest BCUT2D eigenvalue weighted by Gasteiger charge is -2.39. The Morgan fingerprint density at radius 3 is 2.57 bits per heavy atom. The van der Waals surface area contributed by atoms with Crippen LogP contribution in [0.15, 0.2) is 0 Å². The van der Waals surface area contributed by atoms with Crippen molar-refractivity contribution in [2.24, 2.45) is 5.92 Å². The highest BCUT2D eigenvalue weighted by molar-refractivity contribution is 5.82. The molecule has 1 N–H and O–H groups in total. The molecular weight excluding hydrogens is 272 g/mol. The van der Waals surface area contributed by atoms with Crippen LogP contribution in [-0.4, -0.2) is 54.8 Å². The van der Waals surface area contributed by atoms with Crippen LogP contribution in [0.1, 0.15) is 40.0 Å². The minimum atomic E-state index is -0.497. The van der Waals surface area contributed by atoms with Gasteiger partial charge in [-0.05, 0) is 40.0 Å². The Balaban J connectivity index is 1.64. The Hall–Kier alpha value is -1.30. The summed E-state index contributed by atoms with van der Waals surface area (Å²) in [5.74, 6) is -0.120. The van der Waals surface area contributed by atoms with Gasteiger partial charge in [-0.1, -0.05) is 0 Å². The summed E-state index contributed by atoms with van der Waals surface area (Å²) in [6.45, 7) is 7.73. The van der Waals surface area contributed by atoms with Crippen molar-refractivity contribution < 1.29 is 19.1 Å². The van der Waals surface area contributed by atoms with E-state index in [9.17, 15) is 9.59 Å². The highest BCUT2D eigenvalue weighted by atomic mass is 16.6. The van der Waals surface area contributed by atoms with Crippen LogP contribution < -0.4 is 5.32 Å². The third-order valence-corrected chi connectivity index (χ3v) is 3.68. The molecule has 2 heterocycles. The Morgan fingerprint density at radius 2 is 2.00 bits per heavy atom. The minimum absolute atomic E-state index is 0.00369. The minimum Gasteiger partial charge on any atom is -0.444 e. The first-order valence-electron chi connectivity index (χ1n) is 7.72. The van der Waals surface area contributed by atoms with Gasteiger partial charge in [-0.2, -0.15) is 0 Å². The highest BCUT2D eigenvalue weighted by Gasteiger charge is 2.37. The molecule has 0 bridgehead atoms. The van der Waals surface area contributed by atoms with E-state index in [0.717, 1.165) is 25.9 Å². The van der Waals surface area contributed by atoms with Crippen molar-refractivity contribution in [3.63, 3.8) is 0 Å². The highest BCUT2D eigenvalue weighted by Crippen LogP contribution is 2.20. The summed E-state index contributed by atoms with van der Waals surface area (Å²) >= 11 is 0. The molecular formula is C15H26N2O4. The zero-order chi connectivity index (χ0) is 15.5.